The molecule has 2 aromatic carbocycles. The normalized spacial score (nSPS) is 10.4. The van der Waals surface area contributed by atoms with E-state index in [0.29, 0.717) is 0 Å². The first-order valence-corrected chi connectivity index (χ1v) is 6.55. The van der Waals surface area contributed by atoms with Crippen molar-refractivity contribution in [1.29, 1.82) is 0 Å². The zero-order valence-corrected chi connectivity index (χ0v) is 11.4. The monoisotopic (exact) mass is 293 g/mol. The number of aromatic nitrogens is 2. The lowest BCUT2D eigenvalue weighted by Gasteiger charge is -1.98. The fraction of sp³-hybridized carbons (Fsp3) is 0. The Hall–Kier alpha value is -3.28. The van der Waals surface area contributed by atoms with Gasteiger partial charge in [-0.05, 0) is 5.56 Å². The first kappa shape index (κ1) is 13.7. The molecule has 0 saturated heterocycles. The number of H-pyrrole nitrogens is 1. The SMILES string of the molecule is O=C(c1cccc([N+](=O)[O-])c1)c1ncc(-c2ccccc2)[nH]1. The summed E-state index contributed by atoms with van der Waals surface area (Å²) in [6.07, 6.45) is 1.57. The van der Waals surface area contributed by atoms with Gasteiger partial charge in [0.15, 0.2) is 5.82 Å². The predicted octanol–water partition coefficient (Wildman–Crippen LogP) is 3.22. The first-order valence-electron chi connectivity index (χ1n) is 6.55. The molecule has 0 bridgehead atoms. The summed E-state index contributed by atoms with van der Waals surface area (Å²) in [5, 5.41) is 10.8. The highest BCUT2D eigenvalue weighted by atomic mass is 16.6. The average Bonchev–Trinajstić information content (AvgIpc) is 3.05. The van der Waals surface area contributed by atoms with E-state index in [2.05, 4.69) is 9.97 Å². The molecule has 0 unspecified atom stereocenters. The van der Waals surface area contributed by atoms with E-state index in [1.807, 2.05) is 30.3 Å². The van der Waals surface area contributed by atoms with Crippen molar-refractivity contribution >= 4 is 11.5 Å². The lowest BCUT2D eigenvalue weighted by atomic mass is 10.1. The van der Waals surface area contributed by atoms with Crippen molar-refractivity contribution < 1.29 is 9.72 Å². The Morgan fingerprint density at radius 1 is 1.09 bits per heavy atom. The third-order valence-corrected chi connectivity index (χ3v) is 3.19. The summed E-state index contributed by atoms with van der Waals surface area (Å²) in [4.78, 5) is 29.6. The van der Waals surface area contributed by atoms with Crippen molar-refractivity contribution in [3.63, 3.8) is 0 Å². The van der Waals surface area contributed by atoms with Crippen LogP contribution in [0.2, 0.25) is 0 Å². The van der Waals surface area contributed by atoms with Gasteiger partial charge in [-0.2, -0.15) is 0 Å². The predicted molar refractivity (Wildman–Crippen MR) is 80.6 cm³/mol. The Kier molecular flexibility index (Phi) is 3.49. The van der Waals surface area contributed by atoms with Gasteiger partial charge in [-0.15, -0.1) is 0 Å². The minimum atomic E-state index is -0.533. The quantitative estimate of drug-likeness (QED) is 0.454. The molecule has 0 aliphatic heterocycles. The van der Waals surface area contributed by atoms with Crippen LogP contribution in [0.4, 0.5) is 5.69 Å². The van der Waals surface area contributed by atoms with Crippen LogP contribution < -0.4 is 0 Å². The number of nitrogens with zero attached hydrogens (tertiary/aromatic N) is 2. The molecule has 0 amide bonds. The largest absolute Gasteiger partial charge is 0.335 e. The standard InChI is InChI=1S/C16H11N3O3/c20-15(12-7-4-8-13(9-12)19(21)22)16-17-10-14(18-16)11-5-2-1-3-6-11/h1-10H,(H,17,18). The zero-order chi connectivity index (χ0) is 15.5. The average molecular weight is 293 g/mol. The summed E-state index contributed by atoms with van der Waals surface area (Å²) < 4.78 is 0. The second-order valence-electron chi connectivity index (χ2n) is 4.65. The highest BCUT2D eigenvalue weighted by molar-refractivity contribution is 6.07. The molecule has 0 spiro atoms. The van der Waals surface area contributed by atoms with Crippen molar-refractivity contribution in [2.75, 3.05) is 0 Å². The molecule has 1 aromatic heterocycles. The fourth-order valence-corrected chi connectivity index (χ4v) is 2.10. The molecular formula is C16H11N3O3. The number of nitro groups is 1. The number of nitrogens with one attached hydrogen (secondary N) is 1. The highest BCUT2D eigenvalue weighted by Gasteiger charge is 2.16. The van der Waals surface area contributed by atoms with Gasteiger partial charge in [0.1, 0.15) is 0 Å². The molecule has 0 atom stereocenters. The summed E-state index contributed by atoms with van der Waals surface area (Å²) in [6, 6.07) is 15.1. The van der Waals surface area contributed by atoms with Crippen molar-refractivity contribution in [3.05, 3.63) is 82.3 Å². The van der Waals surface area contributed by atoms with Crippen LogP contribution in [0.25, 0.3) is 11.3 Å². The van der Waals surface area contributed by atoms with E-state index in [1.54, 1.807) is 6.20 Å². The van der Waals surface area contributed by atoms with Crippen LogP contribution in [0.1, 0.15) is 16.2 Å². The van der Waals surface area contributed by atoms with Gasteiger partial charge >= 0.3 is 0 Å². The number of aromatic amines is 1. The fourth-order valence-electron chi connectivity index (χ4n) is 2.10. The second-order valence-corrected chi connectivity index (χ2v) is 4.65. The van der Waals surface area contributed by atoms with Gasteiger partial charge in [0.25, 0.3) is 5.69 Å². The van der Waals surface area contributed by atoms with Gasteiger partial charge < -0.3 is 4.98 Å². The summed E-state index contributed by atoms with van der Waals surface area (Å²) >= 11 is 0. The van der Waals surface area contributed by atoms with Gasteiger partial charge in [-0.25, -0.2) is 4.98 Å². The summed E-state index contributed by atoms with van der Waals surface area (Å²) in [5.74, 6) is -0.231. The lowest BCUT2D eigenvalue weighted by molar-refractivity contribution is -0.384. The second kappa shape index (κ2) is 5.61. The van der Waals surface area contributed by atoms with E-state index in [-0.39, 0.29) is 22.9 Å². The number of carbonyl (C=O) groups excluding carboxylic acids is 1. The molecule has 0 saturated carbocycles. The zero-order valence-electron chi connectivity index (χ0n) is 11.4. The summed E-state index contributed by atoms with van der Waals surface area (Å²) in [5.41, 5.74) is 1.73. The van der Waals surface area contributed by atoms with Gasteiger partial charge in [0.2, 0.25) is 5.78 Å². The van der Waals surface area contributed by atoms with Crippen LogP contribution >= 0.6 is 0 Å². The maximum absolute atomic E-state index is 12.3. The van der Waals surface area contributed by atoms with E-state index in [1.165, 1.54) is 24.3 Å². The molecule has 0 aliphatic carbocycles. The molecule has 3 aromatic rings. The van der Waals surface area contributed by atoms with Crippen molar-refractivity contribution in [1.82, 2.24) is 9.97 Å². The van der Waals surface area contributed by atoms with Crippen LogP contribution in [0, 0.1) is 10.1 Å². The van der Waals surface area contributed by atoms with E-state index >= 15 is 0 Å². The smallest absolute Gasteiger partial charge is 0.270 e. The minimum Gasteiger partial charge on any atom is -0.335 e. The number of rotatable bonds is 4. The Morgan fingerprint density at radius 2 is 1.86 bits per heavy atom. The van der Waals surface area contributed by atoms with E-state index in [4.69, 9.17) is 0 Å². The van der Waals surface area contributed by atoms with Crippen molar-refractivity contribution in [3.8, 4) is 11.3 Å². The summed E-state index contributed by atoms with van der Waals surface area (Å²) in [6.45, 7) is 0. The molecular weight excluding hydrogens is 282 g/mol. The van der Waals surface area contributed by atoms with E-state index in [9.17, 15) is 14.9 Å². The van der Waals surface area contributed by atoms with Gasteiger partial charge in [-0.1, -0.05) is 42.5 Å². The molecule has 0 radical (unpaired) electrons. The maximum atomic E-state index is 12.3. The molecule has 108 valence electrons. The van der Waals surface area contributed by atoms with Crippen LogP contribution in [0.3, 0.4) is 0 Å². The summed E-state index contributed by atoms with van der Waals surface area (Å²) in [7, 11) is 0. The molecule has 1 heterocycles. The third-order valence-electron chi connectivity index (χ3n) is 3.19. The van der Waals surface area contributed by atoms with Crippen LogP contribution in [0.5, 0.6) is 0 Å². The molecule has 0 fully saturated rings. The maximum Gasteiger partial charge on any atom is 0.270 e. The Labute approximate surface area is 125 Å². The van der Waals surface area contributed by atoms with Crippen LogP contribution in [0.15, 0.2) is 60.8 Å². The topological polar surface area (TPSA) is 88.9 Å². The van der Waals surface area contributed by atoms with Crippen LogP contribution in [-0.4, -0.2) is 20.7 Å². The Balaban J connectivity index is 1.92. The Morgan fingerprint density at radius 3 is 2.59 bits per heavy atom. The number of hydrogen-bond acceptors (Lipinski definition) is 4. The lowest BCUT2D eigenvalue weighted by Crippen LogP contribution is -2.04. The van der Waals surface area contributed by atoms with E-state index < -0.39 is 4.92 Å². The third kappa shape index (κ3) is 2.62. The van der Waals surface area contributed by atoms with Gasteiger partial charge in [-0.3, -0.25) is 14.9 Å². The number of non-ortho nitro benzene ring substituents is 1. The number of ketones is 1. The molecule has 22 heavy (non-hydrogen) atoms. The van der Waals surface area contributed by atoms with Gasteiger partial charge in [0, 0.05) is 17.7 Å². The molecule has 6 heteroatoms. The molecule has 1 N–H and O–H groups in total. The number of hydrogen-bond donors (Lipinski definition) is 1. The molecule has 6 nitrogen and oxygen atoms in total. The highest BCUT2D eigenvalue weighted by Crippen LogP contribution is 2.19. The van der Waals surface area contributed by atoms with Crippen molar-refractivity contribution in [2.45, 2.75) is 0 Å². The number of nitro benzene ring substituents is 1. The number of imidazole rings is 1. The first-order chi connectivity index (χ1) is 10.6. The molecule has 0 aliphatic rings. The van der Waals surface area contributed by atoms with Crippen molar-refractivity contribution in [2.24, 2.45) is 0 Å². The number of benzene rings is 2. The van der Waals surface area contributed by atoms with Crippen LogP contribution in [-0.2, 0) is 0 Å². The van der Waals surface area contributed by atoms with Gasteiger partial charge in [0.05, 0.1) is 16.8 Å². The number of carbonyl (C=O) groups is 1. The minimum absolute atomic E-state index is 0.124. The Bertz CT molecular complexity index is 841. The molecule has 3 rings (SSSR count). The van der Waals surface area contributed by atoms with E-state index in [0.717, 1.165) is 11.3 Å².